The average molecular weight is 479 g/mol. The lowest BCUT2D eigenvalue weighted by molar-refractivity contribution is 0.143. The number of aryl methyl sites for hydroxylation is 1. The van der Waals surface area contributed by atoms with Crippen LogP contribution in [-0.4, -0.2) is 31.8 Å². The van der Waals surface area contributed by atoms with Crippen LogP contribution in [-0.2, 0) is 26.6 Å². The van der Waals surface area contributed by atoms with Crippen LogP contribution in [0.2, 0.25) is 0 Å². The number of ether oxygens (including phenoxy) is 1. The summed E-state index contributed by atoms with van der Waals surface area (Å²) >= 11 is 0. The van der Waals surface area contributed by atoms with Crippen LogP contribution in [0.3, 0.4) is 0 Å². The summed E-state index contributed by atoms with van der Waals surface area (Å²) < 4.78 is 36.0. The smallest absolute Gasteiger partial charge is 0.407 e. The number of fused-ring (bicyclic) bond motifs is 3. The van der Waals surface area contributed by atoms with Gasteiger partial charge in [-0.1, -0.05) is 6.07 Å². The van der Waals surface area contributed by atoms with E-state index >= 15 is 0 Å². The molecule has 5 rings (SSSR count). The molecule has 0 saturated carbocycles. The van der Waals surface area contributed by atoms with Gasteiger partial charge in [-0.25, -0.2) is 13.6 Å². The largest absolute Gasteiger partial charge is 0.489 e. The van der Waals surface area contributed by atoms with Crippen LogP contribution in [0, 0.1) is 11.6 Å². The number of amides is 1. The number of hydrogen-bond acceptors (Lipinski definition) is 3. The second kappa shape index (κ2) is 8.90. The third kappa shape index (κ3) is 4.25. The maximum absolute atomic E-state index is 13.8. The van der Waals surface area contributed by atoms with Gasteiger partial charge in [-0.15, -0.1) is 0 Å². The first kappa shape index (κ1) is 22.6. The van der Waals surface area contributed by atoms with Crippen molar-refractivity contribution in [3.63, 3.8) is 0 Å². The molecule has 0 atom stereocenters. The van der Waals surface area contributed by atoms with Gasteiger partial charge in [0.15, 0.2) is 0 Å². The molecule has 1 amide bonds. The summed E-state index contributed by atoms with van der Waals surface area (Å²) in [5.74, 6) is -1.10. The molecule has 9 heteroatoms. The van der Waals surface area contributed by atoms with Gasteiger partial charge in [-0.05, 0) is 43.2 Å². The zero-order valence-electron chi connectivity index (χ0n) is 19.0. The van der Waals surface area contributed by atoms with Crippen LogP contribution in [0.4, 0.5) is 13.6 Å². The molecule has 1 N–H and O–H groups in total. The van der Waals surface area contributed by atoms with Crippen LogP contribution in [0.25, 0.3) is 16.6 Å². The number of benzene rings is 2. The first-order chi connectivity index (χ1) is 16.8. The second-order valence-corrected chi connectivity index (χ2v) is 8.59. The van der Waals surface area contributed by atoms with E-state index < -0.39 is 17.7 Å². The maximum Gasteiger partial charge on any atom is 0.407 e. The predicted octanol–water partition coefficient (Wildman–Crippen LogP) is 4.61. The Bertz CT molecular complexity index is 1510. The van der Waals surface area contributed by atoms with Crippen molar-refractivity contribution in [2.24, 2.45) is 7.05 Å². The molecule has 0 unspecified atom stereocenters. The minimum atomic E-state index is -0.928. The summed E-state index contributed by atoms with van der Waals surface area (Å²) in [5, 5.41) is 10.4. The highest BCUT2D eigenvalue weighted by molar-refractivity contribution is 5.87. The van der Waals surface area contributed by atoms with Crippen molar-refractivity contribution in [3.05, 3.63) is 93.5 Å². The first-order valence-electron chi connectivity index (χ1n) is 11.2. The summed E-state index contributed by atoms with van der Waals surface area (Å²) in [7, 11) is 1.95. The van der Waals surface area contributed by atoms with Crippen LogP contribution in [0.15, 0.2) is 59.5 Å². The minimum Gasteiger partial charge on any atom is -0.489 e. The molecule has 3 heterocycles. The third-order valence-corrected chi connectivity index (χ3v) is 6.46. The topological polar surface area (TPSA) is 76.7 Å². The Hall–Kier alpha value is -4.14. The fraction of sp³-hybridized carbons (Fsp3) is 0.231. The zero-order valence-corrected chi connectivity index (χ0v) is 19.0. The molecule has 1 aliphatic heterocycles. The molecule has 180 valence electrons. The van der Waals surface area contributed by atoms with Gasteiger partial charge < -0.3 is 19.3 Å². The normalized spacial score (nSPS) is 13.5. The summed E-state index contributed by atoms with van der Waals surface area (Å²) in [6.07, 6.45) is 2.18. The predicted molar refractivity (Wildman–Crippen MR) is 126 cm³/mol. The number of carbonyl (C=O) groups is 1. The van der Waals surface area contributed by atoms with E-state index in [2.05, 4.69) is 4.57 Å². The number of aromatic nitrogens is 2. The van der Waals surface area contributed by atoms with Gasteiger partial charge in [0, 0.05) is 54.1 Å². The molecule has 1 aliphatic rings. The highest BCUT2D eigenvalue weighted by Crippen LogP contribution is 2.31. The van der Waals surface area contributed by atoms with Crippen molar-refractivity contribution in [3.8, 4) is 11.4 Å². The molecule has 35 heavy (non-hydrogen) atoms. The molecule has 2 aromatic heterocycles. The highest BCUT2D eigenvalue weighted by atomic mass is 19.1. The van der Waals surface area contributed by atoms with E-state index in [1.54, 1.807) is 12.3 Å². The number of pyridine rings is 1. The Balaban J connectivity index is 1.43. The van der Waals surface area contributed by atoms with Crippen molar-refractivity contribution < 1.29 is 23.4 Å². The van der Waals surface area contributed by atoms with Crippen LogP contribution >= 0.6 is 0 Å². The number of rotatable bonds is 4. The Kier molecular flexibility index (Phi) is 5.76. The van der Waals surface area contributed by atoms with Crippen LogP contribution in [0.1, 0.15) is 23.2 Å². The van der Waals surface area contributed by atoms with Gasteiger partial charge >= 0.3 is 6.09 Å². The van der Waals surface area contributed by atoms with Gasteiger partial charge in [-0.2, -0.15) is 0 Å². The van der Waals surface area contributed by atoms with Crippen LogP contribution < -0.4 is 10.3 Å². The van der Waals surface area contributed by atoms with Gasteiger partial charge in [0.05, 0.1) is 17.7 Å². The van der Waals surface area contributed by atoms with E-state index in [1.165, 1.54) is 21.6 Å². The third-order valence-electron chi connectivity index (χ3n) is 6.46. The van der Waals surface area contributed by atoms with Gasteiger partial charge in [0.2, 0.25) is 0 Å². The van der Waals surface area contributed by atoms with Crippen LogP contribution in [0.5, 0.6) is 5.75 Å². The van der Waals surface area contributed by atoms with Gasteiger partial charge in [-0.3, -0.25) is 9.36 Å². The van der Waals surface area contributed by atoms with E-state index in [4.69, 9.17) is 4.74 Å². The molecule has 2 aromatic carbocycles. The Morgan fingerprint density at radius 2 is 1.94 bits per heavy atom. The fourth-order valence-electron chi connectivity index (χ4n) is 4.64. The molecule has 0 spiro atoms. The fourth-order valence-corrected chi connectivity index (χ4v) is 4.64. The second-order valence-electron chi connectivity index (χ2n) is 8.59. The molecule has 0 aliphatic carbocycles. The SMILES string of the molecule is Cn1c2c(c3ccc(-n4ccc(OCc5ccc(F)cc5F)cc4=O)cc31)CN(C(=O)O)CCC2. The molecular weight excluding hydrogens is 456 g/mol. The quantitative estimate of drug-likeness (QED) is 0.464. The molecule has 0 radical (unpaired) electrons. The van der Waals surface area contributed by atoms with Crippen molar-refractivity contribution in [2.75, 3.05) is 6.54 Å². The first-order valence-corrected chi connectivity index (χ1v) is 11.2. The lowest BCUT2D eigenvalue weighted by atomic mass is 10.1. The summed E-state index contributed by atoms with van der Waals surface area (Å²) in [4.78, 5) is 25.8. The van der Waals surface area contributed by atoms with Crippen molar-refractivity contribution in [1.82, 2.24) is 14.0 Å². The summed E-state index contributed by atoms with van der Waals surface area (Å²) in [6.45, 7) is 0.701. The lowest BCUT2D eigenvalue weighted by Gasteiger charge is -2.16. The minimum absolute atomic E-state index is 0.135. The lowest BCUT2D eigenvalue weighted by Crippen LogP contribution is -2.28. The highest BCUT2D eigenvalue weighted by Gasteiger charge is 2.23. The molecule has 0 saturated heterocycles. The van der Waals surface area contributed by atoms with Crippen molar-refractivity contribution in [1.29, 1.82) is 0 Å². The molecule has 7 nitrogen and oxygen atoms in total. The summed E-state index contributed by atoms with van der Waals surface area (Å²) in [6, 6.07) is 11.8. The molecule has 4 aromatic rings. The maximum atomic E-state index is 13.8. The Labute approximate surface area is 199 Å². The molecule has 0 bridgehead atoms. The number of hydrogen-bond donors (Lipinski definition) is 1. The Morgan fingerprint density at radius 3 is 2.69 bits per heavy atom. The molecular formula is C26H23F2N3O4. The number of halogens is 2. The molecule has 0 fully saturated rings. The van der Waals surface area contributed by atoms with E-state index in [9.17, 15) is 23.5 Å². The van der Waals surface area contributed by atoms with Gasteiger partial charge in [0.1, 0.15) is 24.0 Å². The number of carboxylic acid groups (broad SMARTS) is 1. The van der Waals surface area contributed by atoms with E-state index in [0.717, 1.165) is 47.1 Å². The Morgan fingerprint density at radius 1 is 1.11 bits per heavy atom. The number of nitrogens with zero attached hydrogens (tertiary/aromatic N) is 3. The van der Waals surface area contributed by atoms with E-state index in [1.807, 2.05) is 25.2 Å². The van der Waals surface area contributed by atoms with Crippen molar-refractivity contribution in [2.45, 2.75) is 26.0 Å². The summed E-state index contributed by atoms with van der Waals surface area (Å²) in [5.41, 5.74) is 3.53. The zero-order chi connectivity index (χ0) is 24.7. The van der Waals surface area contributed by atoms with E-state index in [0.29, 0.717) is 18.8 Å². The van der Waals surface area contributed by atoms with Gasteiger partial charge in [0.25, 0.3) is 5.56 Å². The monoisotopic (exact) mass is 479 g/mol. The van der Waals surface area contributed by atoms with Crippen molar-refractivity contribution >= 4 is 17.0 Å². The average Bonchev–Trinajstić information content (AvgIpc) is 2.97. The van der Waals surface area contributed by atoms with E-state index in [-0.39, 0.29) is 23.5 Å². The standard InChI is InChI=1S/C26H23F2N3O4/c1-29-23-3-2-9-30(26(33)34)14-21(23)20-7-6-18(12-24(20)29)31-10-8-19(13-25(31)32)35-15-16-4-5-17(27)11-22(16)28/h4-8,10-13H,2-3,9,14-15H2,1H3,(H,33,34).